The number of hydrogen-bond acceptors (Lipinski definition) is 2. The molecule has 0 unspecified atom stereocenters. The van der Waals surface area contributed by atoms with E-state index in [1.165, 1.54) is 12.3 Å². The Morgan fingerprint density at radius 1 is 1.42 bits per heavy atom. The Hall–Kier alpha value is -1.45. The summed E-state index contributed by atoms with van der Waals surface area (Å²) in [4.78, 5) is 16.1. The van der Waals surface area contributed by atoms with Crippen molar-refractivity contribution >= 4 is 11.6 Å². The van der Waals surface area contributed by atoms with Gasteiger partial charge in [0.05, 0.1) is 11.9 Å². The molecule has 0 aliphatic heterocycles. The monoisotopic (exact) mass is 264 g/mol. The average Bonchev–Trinajstić information content (AvgIpc) is 2.81. The van der Waals surface area contributed by atoms with Crippen LogP contribution in [0.1, 0.15) is 46.0 Å². The third-order valence-electron chi connectivity index (χ3n) is 3.83. The van der Waals surface area contributed by atoms with Crippen LogP contribution >= 0.6 is 0 Å². The number of pyridine rings is 1. The fourth-order valence-electron chi connectivity index (χ4n) is 3.07. The fourth-order valence-corrected chi connectivity index (χ4v) is 3.07. The number of amides is 1. The molecular weight excluding hydrogens is 243 g/mol. The molecule has 1 amide bonds. The van der Waals surface area contributed by atoms with Crippen molar-refractivity contribution in [3.63, 3.8) is 0 Å². The molecule has 0 aromatic carbocycles. The highest BCUT2D eigenvalue weighted by molar-refractivity contribution is 5.95. The van der Waals surface area contributed by atoms with E-state index in [1.807, 2.05) is 0 Å². The molecule has 104 valence electrons. The van der Waals surface area contributed by atoms with Crippen LogP contribution in [0.15, 0.2) is 18.3 Å². The first-order valence-corrected chi connectivity index (χ1v) is 6.95. The van der Waals surface area contributed by atoms with Gasteiger partial charge in [-0.25, -0.2) is 4.98 Å². The maximum Gasteiger partial charge on any atom is 0.230 e. The van der Waals surface area contributed by atoms with Crippen molar-refractivity contribution in [1.82, 2.24) is 4.98 Å². The maximum absolute atomic E-state index is 12.7. The van der Waals surface area contributed by atoms with Gasteiger partial charge in [-0.2, -0.15) is 4.39 Å². The second-order valence-corrected chi connectivity index (χ2v) is 5.91. The van der Waals surface area contributed by atoms with Crippen LogP contribution in [0.25, 0.3) is 0 Å². The number of aromatic nitrogens is 1. The molecular formula is C15H21FN2O. The molecule has 1 heterocycles. The Kier molecular flexibility index (Phi) is 4.17. The zero-order valence-corrected chi connectivity index (χ0v) is 11.6. The zero-order valence-electron chi connectivity index (χ0n) is 11.6. The number of nitrogens with zero attached hydrogens (tertiary/aromatic N) is 1. The van der Waals surface area contributed by atoms with Gasteiger partial charge >= 0.3 is 0 Å². The Morgan fingerprint density at radius 2 is 2.11 bits per heavy atom. The first-order valence-electron chi connectivity index (χ1n) is 6.95. The largest absolute Gasteiger partial charge is 0.324 e. The summed E-state index contributed by atoms with van der Waals surface area (Å²) in [5.41, 5.74) is 0.323. The quantitative estimate of drug-likeness (QED) is 0.841. The van der Waals surface area contributed by atoms with Gasteiger partial charge in [-0.15, -0.1) is 0 Å². The average molecular weight is 264 g/mol. The number of nitrogens with one attached hydrogen (secondary N) is 1. The van der Waals surface area contributed by atoms with Gasteiger partial charge in [-0.05, 0) is 37.3 Å². The minimum atomic E-state index is -0.532. The summed E-state index contributed by atoms with van der Waals surface area (Å²) in [6, 6.07) is 2.82. The van der Waals surface area contributed by atoms with Crippen LogP contribution < -0.4 is 5.32 Å². The number of rotatable bonds is 4. The predicted molar refractivity (Wildman–Crippen MR) is 73.2 cm³/mol. The topological polar surface area (TPSA) is 42.0 Å². The van der Waals surface area contributed by atoms with Crippen LogP contribution in [-0.2, 0) is 4.79 Å². The first kappa shape index (κ1) is 14.0. The van der Waals surface area contributed by atoms with E-state index < -0.39 is 5.95 Å². The molecule has 3 nitrogen and oxygen atoms in total. The zero-order chi connectivity index (χ0) is 13.9. The summed E-state index contributed by atoms with van der Waals surface area (Å²) in [5, 5.41) is 2.89. The van der Waals surface area contributed by atoms with Crippen molar-refractivity contribution in [3.05, 3.63) is 24.3 Å². The minimum Gasteiger partial charge on any atom is -0.324 e. The van der Waals surface area contributed by atoms with Gasteiger partial charge < -0.3 is 5.32 Å². The second kappa shape index (κ2) is 5.68. The number of anilines is 1. The molecule has 1 aliphatic rings. The van der Waals surface area contributed by atoms with E-state index in [1.54, 1.807) is 6.07 Å². The lowest BCUT2D eigenvalue weighted by molar-refractivity contribution is -0.126. The van der Waals surface area contributed by atoms with Crippen molar-refractivity contribution in [2.24, 2.45) is 11.3 Å². The second-order valence-electron chi connectivity index (χ2n) is 5.91. The highest BCUT2D eigenvalue weighted by Gasteiger charge is 2.41. The van der Waals surface area contributed by atoms with E-state index in [4.69, 9.17) is 0 Å². The van der Waals surface area contributed by atoms with Crippen LogP contribution in [-0.4, -0.2) is 10.9 Å². The minimum absolute atomic E-state index is 0.0621. The van der Waals surface area contributed by atoms with Crippen molar-refractivity contribution < 1.29 is 9.18 Å². The lowest BCUT2D eigenvalue weighted by Gasteiger charge is -2.29. The number of carbonyl (C=O) groups is 1. The van der Waals surface area contributed by atoms with Gasteiger partial charge in [0.2, 0.25) is 11.9 Å². The molecule has 1 aliphatic carbocycles. The third-order valence-corrected chi connectivity index (χ3v) is 3.83. The fraction of sp³-hybridized carbons (Fsp3) is 0.600. The third kappa shape index (κ3) is 3.31. The molecule has 19 heavy (non-hydrogen) atoms. The lowest BCUT2D eigenvalue weighted by atomic mass is 9.77. The van der Waals surface area contributed by atoms with Crippen LogP contribution in [0.5, 0.6) is 0 Å². The smallest absolute Gasteiger partial charge is 0.230 e. The molecule has 4 heteroatoms. The SMILES string of the molecule is CC(C)CC1(C(=O)Nc2ccc(F)nc2)CCCC1. The first-order chi connectivity index (χ1) is 9.02. The van der Waals surface area contributed by atoms with Crippen molar-refractivity contribution in [3.8, 4) is 0 Å². The summed E-state index contributed by atoms with van der Waals surface area (Å²) < 4.78 is 12.7. The van der Waals surface area contributed by atoms with Gasteiger partial charge in [0.15, 0.2) is 0 Å². The van der Waals surface area contributed by atoms with E-state index >= 15 is 0 Å². The van der Waals surface area contributed by atoms with E-state index in [9.17, 15) is 9.18 Å². The molecule has 0 atom stereocenters. The number of hydrogen-bond donors (Lipinski definition) is 1. The Morgan fingerprint density at radius 3 is 2.63 bits per heavy atom. The van der Waals surface area contributed by atoms with Crippen LogP contribution in [0, 0.1) is 17.3 Å². The lowest BCUT2D eigenvalue weighted by Crippen LogP contribution is -2.35. The summed E-state index contributed by atoms with van der Waals surface area (Å²) in [6.45, 7) is 4.29. The molecule has 1 N–H and O–H groups in total. The van der Waals surface area contributed by atoms with Crippen LogP contribution in [0.4, 0.5) is 10.1 Å². The standard InChI is InChI=1S/C15H21FN2O/c1-11(2)9-15(7-3-4-8-15)14(19)18-12-5-6-13(16)17-10-12/h5-6,10-11H,3-4,7-9H2,1-2H3,(H,18,19). The molecule has 1 fully saturated rings. The van der Waals surface area contributed by atoms with E-state index in [0.29, 0.717) is 11.6 Å². The Labute approximate surface area is 113 Å². The van der Waals surface area contributed by atoms with E-state index in [-0.39, 0.29) is 11.3 Å². The maximum atomic E-state index is 12.7. The van der Waals surface area contributed by atoms with Crippen LogP contribution in [0.2, 0.25) is 0 Å². The summed E-state index contributed by atoms with van der Waals surface area (Å²) in [7, 11) is 0. The summed E-state index contributed by atoms with van der Waals surface area (Å²) in [5.74, 6) is 0.0260. The molecule has 1 saturated carbocycles. The molecule has 0 bridgehead atoms. The van der Waals surface area contributed by atoms with E-state index in [2.05, 4.69) is 24.1 Å². The molecule has 0 saturated heterocycles. The highest BCUT2D eigenvalue weighted by Crippen LogP contribution is 2.44. The molecule has 0 radical (unpaired) electrons. The number of halogens is 1. The Balaban J connectivity index is 2.09. The van der Waals surface area contributed by atoms with Gasteiger partial charge in [0, 0.05) is 5.41 Å². The van der Waals surface area contributed by atoms with Crippen molar-refractivity contribution in [2.45, 2.75) is 46.0 Å². The summed E-state index contributed by atoms with van der Waals surface area (Å²) >= 11 is 0. The molecule has 2 rings (SSSR count). The number of carbonyl (C=O) groups excluding carboxylic acids is 1. The Bertz CT molecular complexity index is 436. The molecule has 1 aromatic rings. The van der Waals surface area contributed by atoms with Crippen molar-refractivity contribution in [2.75, 3.05) is 5.32 Å². The van der Waals surface area contributed by atoms with Gasteiger partial charge in [0.1, 0.15) is 0 Å². The van der Waals surface area contributed by atoms with Crippen LogP contribution in [0.3, 0.4) is 0 Å². The van der Waals surface area contributed by atoms with Crippen molar-refractivity contribution in [1.29, 1.82) is 0 Å². The molecule has 0 spiro atoms. The van der Waals surface area contributed by atoms with E-state index in [0.717, 1.165) is 32.1 Å². The molecule has 1 aromatic heterocycles. The predicted octanol–water partition coefficient (Wildman–Crippen LogP) is 3.77. The van der Waals surface area contributed by atoms with Gasteiger partial charge in [0.25, 0.3) is 0 Å². The van der Waals surface area contributed by atoms with Gasteiger partial charge in [-0.3, -0.25) is 4.79 Å². The van der Waals surface area contributed by atoms with Gasteiger partial charge in [-0.1, -0.05) is 26.7 Å². The summed E-state index contributed by atoms with van der Waals surface area (Å²) in [6.07, 6.45) is 6.40. The normalized spacial score (nSPS) is 17.7. The highest BCUT2D eigenvalue weighted by atomic mass is 19.1.